The number of nitrogens with one attached hydrogen (secondary N) is 1. The van der Waals surface area contributed by atoms with E-state index >= 15 is 0 Å². The summed E-state index contributed by atoms with van der Waals surface area (Å²) >= 11 is 0. The molecule has 6 nitrogen and oxygen atoms in total. The predicted molar refractivity (Wildman–Crippen MR) is 89.5 cm³/mol. The zero-order valence-electron chi connectivity index (χ0n) is 13.7. The molecule has 0 bridgehead atoms. The summed E-state index contributed by atoms with van der Waals surface area (Å²) in [5.41, 5.74) is -0.861. The van der Waals surface area contributed by atoms with E-state index in [1.165, 1.54) is 6.07 Å². The summed E-state index contributed by atoms with van der Waals surface area (Å²) in [6, 6.07) is 6.30. The molecule has 0 heterocycles. The van der Waals surface area contributed by atoms with Crippen LogP contribution in [0.5, 0.6) is 0 Å². The van der Waals surface area contributed by atoms with E-state index in [2.05, 4.69) is 5.32 Å². The number of benzene rings is 1. The van der Waals surface area contributed by atoms with Gasteiger partial charge in [0, 0.05) is 6.26 Å². The Morgan fingerprint density at radius 3 is 2.25 bits per heavy atom. The summed E-state index contributed by atoms with van der Waals surface area (Å²) in [5.74, 6) is -1.48. The van der Waals surface area contributed by atoms with Crippen LogP contribution in [-0.2, 0) is 25.8 Å². The highest BCUT2D eigenvalue weighted by atomic mass is 32.2. The quantitative estimate of drug-likeness (QED) is 0.788. The number of hydrogen-bond donors (Lipinski definition) is 2. The fraction of sp³-hybridized carbons (Fsp3) is 0.529. The molecule has 132 valence electrons. The first kappa shape index (κ1) is 18.4. The highest BCUT2D eigenvalue weighted by Gasteiger charge is 2.40. The Bertz CT molecular complexity index is 718. The Labute approximate surface area is 142 Å². The third kappa shape index (κ3) is 4.35. The van der Waals surface area contributed by atoms with Gasteiger partial charge in [0.15, 0.2) is 9.84 Å². The predicted octanol–water partition coefficient (Wildman–Crippen LogP) is 1.93. The van der Waals surface area contributed by atoms with Gasteiger partial charge < -0.3 is 10.4 Å². The van der Waals surface area contributed by atoms with Gasteiger partial charge >= 0.3 is 5.97 Å². The minimum absolute atomic E-state index is 0.102. The standard InChI is InChI=1S/C17H23NO5S/c1-24(22,23)14-9-5-4-8-13(14)12-15(19)18-17(16(20)21)10-6-2-3-7-11-17/h4-5,8-9H,2-3,6-7,10-12H2,1H3,(H,18,19)(H,20,21). The van der Waals surface area contributed by atoms with Crippen LogP contribution in [0.3, 0.4) is 0 Å². The van der Waals surface area contributed by atoms with E-state index in [0.29, 0.717) is 18.4 Å². The Balaban J connectivity index is 2.19. The average molecular weight is 353 g/mol. The largest absolute Gasteiger partial charge is 0.480 e. The van der Waals surface area contributed by atoms with Crippen molar-refractivity contribution >= 4 is 21.7 Å². The molecule has 0 radical (unpaired) electrons. The highest BCUT2D eigenvalue weighted by molar-refractivity contribution is 7.90. The maximum Gasteiger partial charge on any atom is 0.329 e. The van der Waals surface area contributed by atoms with Gasteiger partial charge in [-0.3, -0.25) is 4.79 Å². The fourth-order valence-corrected chi connectivity index (χ4v) is 4.16. The summed E-state index contributed by atoms with van der Waals surface area (Å²) in [5, 5.41) is 12.3. The first-order valence-electron chi connectivity index (χ1n) is 8.07. The molecule has 24 heavy (non-hydrogen) atoms. The van der Waals surface area contributed by atoms with Crippen LogP contribution in [0.25, 0.3) is 0 Å². The molecule has 1 aromatic carbocycles. The van der Waals surface area contributed by atoms with Gasteiger partial charge in [-0.15, -0.1) is 0 Å². The maximum absolute atomic E-state index is 12.4. The van der Waals surface area contributed by atoms with Gasteiger partial charge in [0.25, 0.3) is 0 Å². The van der Waals surface area contributed by atoms with E-state index < -0.39 is 27.3 Å². The monoisotopic (exact) mass is 353 g/mol. The van der Waals surface area contributed by atoms with Gasteiger partial charge in [-0.1, -0.05) is 43.9 Å². The minimum Gasteiger partial charge on any atom is -0.480 e. The molecule has 1 saturated carbocycles. The number of rotatable bonds is 5. The smallest absolute Gasteiger partial charge is 0.329 e. The van der Waals surface area contributed by atoms with E-state index in [0.717, 1.165) is 31.9 Å². The molecule has 0 unspecified atom stereocenters. The van der Waals surface area contributed by atoms with Crippen molar-refractivity contribution < 1.29 is 23.1 Å². The summed E-state index contributed by atoms with van der Waals surface area (Å²) in [7, 11) is -3.45. The Kier molecular flexibility index (Phi) is 5.64. The molecule has 0 saturated heterocycles. The fourth-order valence-electron chi connectivity index (χ4n) is 3.22. The number of amides is 1. The number of sulfone groups is 1. The Morgan fingerprint density at radius 2 is 1.71 bits per heavy atom. The number of carbonyl (C=O) groups excluding carboxylic acids is 1. The summed E-state index contributed by atoms with van der Waals surface area (Å²) in [6.45, 7) is 0. The van der Waals surface area contributed by atoms with Crippen LogP contribution in [0, 0.1) is 0 Å². The first-order chi connectivity index (χ1) is 11.2. The zero-order valence-corrected chi connectivity index (χ0v) is 14.6. The van der Waals surface area contributed by atoms with E-state index in [9.17, 15) is 23.1 Å². The number of aliphatic carboxylic acids is 1. The molecule has 1 aliphatic rings. The van der Waals surface area contributed by atoms with Crippen LogP contribution >= 0.6 is 0 Å². The number of hydrogen-bond acceptors (Lipinski definition) is 4. The molecule has 0 atom stereocenters. The molecule has 0 aliphatic heterocycles. The van der Waals surface area contributed by atoms with E-state index in [-0.39, 0.29) is 11.3 Å². The van der Waals surface area contributed by atoms with Crippen molar-refractivity contribution in [3.05, 3.63) is 29.8 Å². The van der Waals surface area contributed by atoms with Crippen molar-refractivity contribution in [3.8, 4) is 0 Å². The molecule has 2 N–H and O–H groups in total. The van der Waals surface area contributed by atoms with Crippen LogP contribution in [0.1, 0.15) is 44.1 Å². The SMILES string of the molecule is CS(=O)(=O)c1ccccc1CC(=O)NC1(C(=O)O)CCCCCC1. The van der Waals surface area contributed by atoms with E-state index in [1.54, 1.807) is 18.2 Å². The lowest BCUT2D eigenvalue weighted by atomic mass is 9.90. The number of carboxylic acids is 1. The van der Waals surface area contributed by atoms with Gasteiger partial charge in [-0.2, -0.15) is 0 Å². The van der Waals surface area contributed by atoms with Crippen molar-refractivity contribution in [1.29, 1.82) is 0 Å². The number of carbonyl (C=O) groups is 2. The minimum atomic E-state index is -3.45. The van der Waals surface area contributed by atoms with Crippen LogP contribution in [0.4, 0.5) is 0 Å². The molecular weight excluding hydrogens is 330 g/mol. The van der Waals surface area contributed by atoms with Crippen molar-refractivity contribution in [1.82, 2.24) is 5.32 Å². The Hall–Kier alpha value is -1.89. The molecule has 1 aromatic rings. The molecule has 1 aliphatic carbocycles. The Morgan fingerprint density at radius 1 is 1.12 bits per heavy atom. The second-order valence-electron chi connectivity index (χ2n) is 6.41. The van der Waals surface area contributed by atoms with Crippen LogP contribution in [0.2, 0.25) is 0 Å². The third-order valence-electron chi connectivity index (χ3n) is 4.47. The van der Waals surface area contributed by atoms with Crippen molar-refractivity contribution in [2.75, 3.05) is 6.26 Å². The van der Waals surface area contributed by atoms with Crippen LogP contribution in [-0.4, -0.2) is 37.2 Å². The molecule has 0 aromatic heterocycles. The lowest BCUT2D eigenvalue weighted by molar-refractivity contribution is -0.148. The second kappa shape index (κ2) is 7.34. The lowest BCUT2D eigenvalue weighted by Gasteiger charge is -2.29. The van der Waals surface area contributed by atoms with Gasteiger partial charge in [0.05, 0.1) is 11.3 Å². The van der Waals surface area contributed by atoms with Crippen molar-refractivity contribution in [2.45, 2.75) is 55.4 Å². The highest BCUT2D eigenvalue weighted by Crippen LogP contribution is 2.28. The molecule has 7 heteroatoms. The molecule has 1 fully saturated rings. The average Bonchev–Trinajstić information content (AvgIpc) is 2.73. The van der Waals surface area contributed by atoms with Crippen molar-refractivity contribution in [2.24, 2.45) is 0 Å². The van der Waals surface area contributed by atoms with Crippen LogP contribution in [0.15, 0.2) is 29.2 Å². The number of carboxylic acid groups (broad SMARTS) is 1. The maximum atomic E-state index is 12.4. The summed E-state index contributed by atoms with van der Waals surface area (Å²) < 4.78 is 23.6. The van der Waals surface area contributed by atoms with Gasteiger partial charge in [-0.25, -0.2) is 13.2 Å². The van der Waals surface area contributed by atoms with Gasteiger partial charge in [0.1, 0.15) is 5.54 Å². The van der Waals surface area contributed by atoms with Crippen LogP contribution < -0.4 is 5.32 Å². The molecule has 0 spiro atoms. The third-order valence-corrected chi connectivity index (χ3v) is 5.67. The van der Waals surface area contributed by atoms with Gasteiger partial charge in [-0.05, 0) is 24.5 Å². The lowest BCUT2D eigenvalue weighted by Crippen LogP contribution is -2.54. The first-order valence-corrected chi connectivity index (χ1v) is 9.96. The van der Waals surface area contributed by atoms with Crippen molar-refractivity contribution in [3.63, 3.8) is 0 Å². The van der Waals surface area contributed by atoms with E-state index in [1.807, 2.05) is 0 Å². The molecule has 1 amide bonds. The summed E-state index contributed by atoms with van der Waals surface area (Å²) in [6.07, 6.45) is 5.18. The van der Waals surface area contributed by atoms with E-state index in [4.69, 9.17) is 0 Å². The molecular formula is C17H23NO5S. The zero-order chi connectivity index (χ0) is 17.8. The normalized spacial score (nSPS) is 17.7. The second-order valence-corrected chi connectivity index (χ2v) is 8.39. The topological polar surface area (TPSA) is 101 Å². The van der Waals surface area contributed by atoms with Gasteiger partial charge in [0.2, 0.25) is 5.91 Å². The molecule has 2 rings (SSSR count). The summed E-state index contributed by atoms with van der Waals surface area (Å²) in [4.78, 5) is 24.2.